The van der Waals surface area contributed by atoms with E-state index in [2.05, 4.69) is 33.9 Å². The molecular formula is C13H12ClN3. The van der Waals surface area contributed by atoms with Crippen LogP contribution in [-0.4, -0.2) is 14.1 Å². The summed E-state index contributed by atoms with van der Waals surface area (Å²) in [5.74, 6) is 0.955. The molecule has 2 heterocycles. The third kappa shape index (κ3) is 1.72. The van der Waals surface area contributed by atoms with Crippen LogP contribution in [0.3, 0.4) is 0 Å². The van der Waals surface area contributed by atoms with Gasteiger partial charge in [-0.25, -0.2) is 4.98 Å². The van der Waals surface area contributed by atoms with Crippen LogP contribution in [-0.2, 0) is 13.6 Å². The van der Waals surface area contributed by atoms with Gasteiger partial charge in [0.1, 0.15) is 11.0 Å². The molecule has 0 amide bonds. The summed E-state index contributed by atoms with van der Waals surface area (Å²) in [5.41, 5.74) is 1.21. The van der Waals surface area contributed by atoms with Gasteiger partial charge in [0.15, 0.2) is 0 Å². The second-order valence-corrected chi connectivity index (χ2v) is 4.45. The number of halogens is 1. The molecule has 17 heavy (non-hydrogen) atoms. The molecule has 0 N–H and O–H groups in total. The molecule has 4 heteroatoms. The van der Waals surface area contributed by atoms with Crippen molar-refractivity contribution in [3.8, 4) is 0 Å². The van der Waals surface area contributed by atoms with Crippen LogP contribution in [0.5, 0.6) is 0 Å². The van der Waals surface area contributed by atoms with Crippen molar-refractivity contribution in [1.82, 2.24) is 14.1 Å². The number of fused-ring (bicyclic) bond motifs is 1. The summed E-state index contributed by atoms with van der Waals surface area (Å²) in [4.78, 5) is 4.31. The first kappa shape index (κ1) is 10.4. The van der Waals surface area contributed by atoms with Crippen LogP contribution >= 0.6 is 11.6 Å². The molecule has 3 rings (SSSR count). The largest absolute Gasteiger partial charge is 0.340 e. The highest BCUT2D eigenvalue weighted by molar-refractivity contribution is 6.29. The van der Waals surface area contributed by atoms with E-state index in [9.17, 15) is 0 Å². The van der Waals surface area contributed by atoms with Crippen LogP contribution in [0.1, 0.15) is 5.82 Å². The summed E-state index contributed by atoms with van der Waals surface area (Å²) in [6.45, 7) is 0.733. The zero-order valence-electron chi connectivity index (χ0n) is 9.47. The lowest BCUT2D eigenvalue weighted by Gasteiger charge is -2.05. The molecular weight excluding hydrogens is 234 g/mol. The van der Waals surface area contributed by atoms with Crippen LogP contribution in [0.4, 0.5) is 0 Å². The van der Waals surface area contributed by atoms with Gasteiger partial charge in [0.2, 0.25) is 0 Å². The molecule has 0 aliphatic carbocycles. The maximum absolute atomic E-state index is 5.98. The summed E-state index contributed by atoms with van der Waals surface area (Å²) < 4.78 is 4.07. The highest BCUT2D eigenvalue weighted by Crippen LogP contribution is 2.17. The van der Waals surface area contributed by atoms with Gasteiger partial charge in [0, 0.05) is 18.8 Å². The van der Waals surface area contributed by atoms with Gasteiger partial charge in [0.25, 0.3) is 0 Å². The van der Waals surface area contributed by atoms with Crippen LogP contribution < -0.4 is 0 Å². The minimum absolute atomic E-state index is 0.663. The highest BCUT2D eigenvalue weighted by atomic mass is 35.5. The lowest BCUT2D eigenvalue weighted by atomic mass is 10.2. The minimum Gasteiger partial charge on any atom is -0.340 e. The van der Waals surface area contributed by atoms with Gasteiger partial charge in [-0.15, -0.1) is 0 Å². The average Bonchev–Trinajstić information content (AvgIpc) is 2.89. The number of rotatable bonds is 2. The maximum Gasteiger partial charge on any atom is 0.129 e. The third-order valence-corrected chi connectivity index (χ3v) is 3.37. The Hall–Kier alpha value is -1.74. The van der Waals surface area contributed by atoms with Gasteiger partial charge < -0.3 is 9.13 Å². The molecule has 0 unspecified atom stereocenters. The molecule has 0 saturated heterocycles. The minimum atomic E-state index is 0.663. The van der Waals surface area contributed by atoms with E-state index < -0.39 is 0 Å². The van der Waals surface area contributed by atoms with E-state index in [1.165, 1.54) is 10.9 Å². The van der Waals surface area contributed by atoms with E-state index in [0.717, 1.165) is 12.4 Å². The molecule has 0 atom stereocenters. The lowest BCUT2D eigenvalue weighted by molar-refractivity contribution is 0.718. The topological polar surface area (TPSA) is 22.8 Å². The highest BCUT2D eigenvalue weighted by Gasteiger charge is 2.06. The fraction of sp³-hybridized carbons (Fsp3) is 0.154. The van der Waals surface area contributed by atoms with Gasteiger partial charge in [-0.2, -0.15) is 0 Å². The molecule has 1 aromatic carbocycles. The van der Waals surface area contributed by atoms with Crippen molar-refractivity contribution in [1.29, 1.82) is 0 Å². The normalized spacial score (nSPS) is 11.2. The molecule has 0 saturated carbocycles. The van der Waals surface area contributed by atoms with Gasteiger partial charge >= 0.3 is 0 Å². The summed E-state index contributed by atoms with van der Waals surface area (Å²) in [5, 5.41) is 1.91. The standard InChI is InChI=1S/C13H12ClN3/c1-16-12(14)8-15-13(16)9-17-7-6-10-4-2-3-5-11(10)17/h2-8H,9H2,1H3. The van der Waals surface area contributed by atoms with E-state index >= 15 is 0 Å². The molecule has 86 valence electrons. The maximum atomic E-state index is 5.98. The van der Waals surface area contributed by atoms with Crippen LogP contribution in [0.25, 0.3) is 10.9 Å². The summed E-state index contributed by atoms with van der Waals surface area (Å²) in [6, 6.07) is 10.4. The zero-order valence-corrected chi connectivity index (χ0v) is 10.2. The second-order valence-electron chi connectivity index (χ2n) is 4.06. The Kier molecular flexibility index (Phi) is 2.41. The molecule has 2 aromatic heterocycles. The molecule has 0 bridgehead atoms. The van der Waals surface area contributed by atoms with Crippen molar-refractivity contribution >= 4 is 22.5 Å². The second kappa shape index (κ2) is 3.93. The smallest absolute Gasteiger partial charge is 0.129 e. The van der Waals surface area contributed by atoms with Crippen molar-refractivity contribution in [3.63, 3.8) is 0 Å². The number of aromatic nitrogens is 3. The Bertz CT molecular complexity index is 666. The molecule has 0 fully saturated rings. The number of nitrogens with zero attached hydrogens (tertiary/aromatic N) is 3. The predicted molar refractivity (Wildman–Crippen MR) is 69.3 cm³/mol. The molecule has 0 aliphatic rings. The molecule has 3 aromatic rings. The van der Waals surface area contributed by atoms with E-state index in [1.807, 2.05) is 23.7 Å². The number of imidazole rings is 1. The van der Waals surface area contributed by atoms with E-state index in [4.69, 9.17) is 11.6 Å². The summed E-state index contributed by atoms with van der Waals surface area (Å²) in [7, 11) is 1.93. The monoisotopic (exact) mass is 245 g/mol. The van der Waals surface area contributed by atoms with Crippen molar-refractivity contribution in [3.05, 3.63) is 53.7 Å². The fourth-order valence-electron chi connectivity index (χ4n) is 2.00. The first-order valence-electron chi connectivity index (χ1n) is 5.45. The molecule has 0 radical (unpaired) electrons. The van der Waals surface area contributed by atoms with Crippen LogP contribution in [0.2, 0.25) is 5.15 Å². The van der Waals surface area contributed by atoms with Gasteiger partial charge in [-0.1, -0.05) is 29.8 Å². The molecule has 0 aliphatic heterocycles. The van der Waals surface area contributed by atoms with E-state index in [-0.39, 0.29) is 0 Å². The third-order valence-electron chi connectivity index (χ3n) is 3.02. The number of hydrogen-bond donors (Lipinski definition) is 0. The number of para-hydroxylation sites is 1. The van der Waals surface area contributed by atoms with Crippen molar-refractivity contribution in [2.75, 3.05) is 0 Å². The quantitative estimate of drug-likeness (QED) is 0.680. The Morgan fingerprint density at radius 3 is 2.82 bits per heavy atom. The number of hydrogen-bond acceptors (Lipinski definition) is 1. The van der Waals surface area contributed by atoms with Gasteiger partial charge in [0.05, 0.1) is 12.7 Å². The lowest BCUT2D eigenvalue weighted by Crippen LogP contribution is -2.04. The van der Waals surface area contributed by atoms with Crippen LogP contribution in [0, 0.1) is 0 Å². The Balaban J connectivity index is 2.03. The Morgan fingerprint density at radius 2 is 2.06 bits per heavy atom. The van der Waals surface area contributed by atoms with Crippen molar-refractivity contribution < 1.29 is 0 Å². The fourth-order valence-corrected chi connectivity index (χ4v) is 2.15. The van der Waals surface area contributed by atoms with Crippen LogP contribution in [0.15, 0.2) is 42.7 Å². The van der Waals surface area contributed by atoms with Crippen molar-refractivity contribution in [2.45, 2.75) is 6.54 Å². The zero-order chi connectivity index (χ0) is 11.8. The van der Waals surface area contributed by atoms with Gasteiger partial charge in [-0.05, 0) is 17.5 Å². The number of benzene rings is 1. The van der Waals surface area contributed by atoms with Gasteiger partial charge in [-0.3, -0.25) is 0 Å². The Morgan fingerprint density at radius 1 is 1.24 bits per heavy atom. The van der Waals surface area contributed by atoms with Crippen molar-refractivity contribution in [2.24, 2.45) is 7.05 Å². The van der Waals surface area contributed by atoms with E-state index in [1.54, 1.807) is 6.20 Å². The average molecular weight is 246 g/mol. The SMILES string of the molecule is Cn1c(Cl)cnc1Cn1ccc2ccccc21. The molecule has 0 spiro atoms. The summed E-state index contributed by atoms with van der Waals surface area (Å²) in [6.07, 6.45) is 3.76. The molecule has 3 nitrogen and oxygen atoms in total. The van der Waals surface area contributed by atoms with E-state index in [0.29, 0.717) is 5.15 Å². The first-order chi connectivity index (χ1) is 8.25. The first-order valence-corrected chi connectivity index (χ1v) is 5.83. The summed E-state index contributed by atoms with van der Waals surface area (Å²) >= 11 is 5.98. The predicted octanol–water partition coefficient (Wildman–Crippen LogP) is 3.08. The Labute approximate surface area is 104 Å².